The van der Waals surface area contributed by atoms with Crippen molar-refractivity contribution in [3.8, 4) is 0 Å². The largest absolute Gasteiger partial charge is 0.341 e. The average Bonchev–Trinajstić information content (AvgIpc) is 3.06. The summed E-state index contributed by atoms with van der Waals surface area (Å²) in [4.78, 5) is 13.0. The second-order valence-electron chi connectivity index (χ2n) is 5.26. The lowest BCUT2D eigenvalue weighted by Crippen LogP contribution is -2.31. The van der Waals surface area contributed by atoms with Gasteiger partial charge in [-0.3, -0.25) is 9.89 Å². The Hall–Kier alpha value is -1.47. The monoisotopic (exact) mass is 324 g/mol. The summed E-state index contributed by atoms with van der Waals surface area (Å²) in [5.41, 5.74) is 0. The van der Waals surface area contributed by atoms with Crippen LogP contribution in [0, 0.1) is 10.7 Å². The van der Waals surface area contributed by atoms with Crippen LogP contribution < -0.4 is 5.32 Å². The maximum atomic E-state index is 12.3. The standard InChI is InChI=1S/C14H20N4OS2/c1-4-18-12(16-17-14(18)20)10(8-9(2)3)15-13(19)11-6-5-7-21-11/h5-7,9-10H,4,8H2,1-3H3,(H,15,19)(H,17,20). The van der Waals surface area contributed by atoms with Crippen LogP contribution in [-0.4, -0.2) is 20.7 Å². The molecule has 2 rings (SSSR count). The summed E-state index contributed by atoms with van der Waals surface area (Å²) in [6.07, 6.45) is 0.816. The van der Waals surface area contributed by atoms with E-state index in [1.807, 2.05) is 29.0 Å². The fraction of sp³-hybridized carbons (Fsp3) is 0.500. The van der Waals surface area contributed by atoms with Gasteiger partial charge in [0.15, 0.2) is 10.6 Å². The zero-order valence-electron chi connectivity index (χ0n) is 12.4. The third-order valence-corrected chi connectivity index (χ3v) is 4.35. The third-order valence-electron chi connectivity index (χ3n) is 3.17. The van der Waals surface area contributed by atoms with Crippen LogP contribution in [0.4, 0.5) is 0 Å². The fourth-order valence-electron chi connectivity index (χ4n) is 2.24. The van der Waals surface area contributed by atoms with E-state index in [9.17, 15) is 4.79 Å². The van der Waals surface area contributed by atoms with Crippen molar-refractivity contribution < 1.29 is 4.79 Å². The molecule has 0 saturated carbocycles. The Balaban J connectivity index is 2.26. The first-order valence-corrected chi connectivity index (χ1v) is 8.31. The van der Waals surface area contributed by atoms with Gasteiger partial charge in [-0.05, 0) is 42.9 Å². The van der Waals surface area contributed by atoms with Gasteiger partial charge in [-0.2, -0.15) is 5.10 Å². The molecule has 0 bridgehead atoms. The van der Waals surface area contributed by atoms with Crippen LogP contribution in [0.2, 0.25) is 0 Å². The Kier molecular flexibility index (Phi) is 5.30. The van der Waals surface area contributed by atoms with Crippen LogP contribution in [0.15, 0.2) is 17.5 Å². The number of rotatable bonds is 6. The molecule has 0 saturated heterocycles. The normalized spacial score (nSPS) is 12.6. The van der Waals surface area contributed by atoms with Gasteiger partial charge in [-0.1, -0.05) is 19.9 Å². The first-order chi connectivity index (χ1) is 10.0. The first kappa shape index (κ1) is 15.9. The Bertz CT molecular complexity index is 642. The molecule has 0 radical (unpaired) electrons. The van der Waals surface area contributed by atoms with Gasteiger partial charge in [-0.25, -0.2) is 0 Å². The second kappa shape index (κ2) is 7.00. The molecular formula is C14H20N4OS2. The van der Waals surface area contributed by atoms with Gasteiger partial charge in [0.25, 0.3) is 5.91 Å². The number of aromatic nitrogens is 3. The number of nitrogens with one attached hydrogen (secondary N) is 2. The van der Waals surface area contributed by atoms with Gasteiger partial charge in [-0.15, -0.1) is 11.3 Å². The molecule has 1 amide bonds. The molecule has 7 heteroatoms. The van der Waals surface area contributed by atoms with E-state index in [0.29, 0.717) is 15.6 Å². The van der Waals surface area contributed by atoms with Crippen LogP contribution in [0.3, 0.4) is 0 Å². The lowest BCUT2D eigenvalue weighted by molar-refractivity contribution is 0.0933. The predicted octanol–water partition coefficient (Wildman–Crippen LogP) is 3.54. The quantitative estimate of drug-likeness (QED) is 0.799. The summed E-state index contributed by atoms with van der Waals surface area (Å²) in [5, 5.41) is 12.1. The van der Waals surface area contributed by atoms with Crippen molar-refractivity contribution in [1.29, 1.82) is 0 Å². The number of thiophene rings is 1. The molecule has 5 nitrogen and oxygen atoms in total. The lowest BCUT2D eigenvalue weighted by Gasteiger charge is -2.20. The topological polar surface area (TPSA) is 62.7 Å². The molecule has 0 aromatic carbocycles. The Labute approximate surface area is 133 Å². The summed E-state index contributed by atoms with van der Waals surface area (Å²) < 4.78 is 2.52. The summed E-state index contributed by atoms with van der Waals surface area (Å²) in [6.45, 7) is 7.00. The van der Waals surface area contributed by atoms with E-state index in [4.69, 9.17) is 12.2 Å². The zero-order valence-corrected chi connectivity index (χ0v) is 14.1. The highest BCUT2D eigenvalue weighted by Gasteiger charge is 2.22. The van der Waals surface area contributed by atoms with Crippen LogP contribution in [0.5, 0.6) is 0 Å². The molecule has 0 spiro atoms. The molecule has 0 aliphatic rings. The van der Waals surface area contributed by atoms with Gasteiger partial charge in [0.2, 0.25) is 0 Å². The molecule has 114 valence electrons. The molecule has 1 unspecified atom stereocenters. The van der Waals surface area contributed by atoms with Crippen LogP contribution >= 0.6 is 23.6 Å². The van der Waals surface area contributed by atoms with E-state index in [-0.39, 0.29) is 11.9 Å². The number of amides is 1. The Morgan fingerprint density at radius 3 is 2.90 bits per heavy atom. The molecule has 2 aromatic heterocycles. The van der Waals surface area contributed by atoms with E-state index in [1.54, 1.807) is 0 Å². The SMILES string of the molecule is CCn1c(C(CC(C)C)NC(=O)c2cccs2)n[nH]c1=S. The lowest BCUT2D eigenvalue weighted by atomic mass is 10.0. The van der Waals surface area contributed by atoms with Crippen LogP contribution in [0.1, 0.15) is 48.7 Å². The smallest absolute Gasteiger partial charge is 0.261 e. The van der Waals surface area contributed by atoms with Gasteiger partial charge >= 0.3 is 0 Å². The molecule has 21 heavy (non-hydrogen) atoms. The Morgan fingerprint density at radius 1 is 1.57 bits per heavy atom. The minimum absolute atomic E-state index is 0.0628. The Morgan fingerprint density at radius 2 is 2.33 bits per heavy atom. The minimum Gasteiger partial charge on any atom is -0.341 e. The van der Waals surface area contributed by atoms with Crippen molar-refractivity contribution in [2.75, 3.05) is 0 Å². The van der Waals surface area contributed by atoms with E-state index >= 15 is 0 Å². The maximum Gasteiger partial charge on any atom is 0.261 e. The van der Waals surface area contributed by atoms with E-state index in [1.165, 1.54) is 11.3 Å². The van der Waals surface area contributed by atoms with Crippen molar-refractivity contribution in [2.45, 2.75) is 39.8 Å². The molecule has 0 fully saturated rings. The van der Waals surface area contributed by atoms with Gasteiger partial charge in [0, 0.05) is 6.54 Å². The molecule has 2 heterocycles. The number of H-pyrrole nitrogens is 1. The number of carbonyl (C=O) groups excluding carboxylic acids is 1. The van der Waals surface area contributed by atoms with Crippen molar-refractivity contribution >= 4 is 29.5 Å². The average molecular weight is 324 g/mol. The van der Waals surface area contributed by atoms with Crippen molar-refractivity contribution in [1.82, 2.24) is 20.1 Å². The van der Waals surface area contributed by atoms with Gasteiger partial charge in [0.1, 0.15) is 0 Å². The van der Waals surface area contributed by atoms with E-state index < -0.39 is 0 Å². The van der Waals surface area contributed by atoms with Crippen molar-refractivity contribution in [2.24, 2.45) is 5.92 Å². The summed E-state index contributed by atoms with van der Waals surface area (Å²) in [6, 6.07) is 3.55. The van der Waals surface area contributed by atoms with Crippen molar-refractivity contribution in [3.63, 3.8) is 0 Å². The molecular weight excluding hydrogens is 304 g/mol. The van der Waals surface area contributed by atoms with Crippen LogP contribution in [-0.2, 0) is 6.54 Å². The molecule has 2 aromatic rings. The highest BCUT2D eigenvalue weighted by Crippen LogP contribution is 2.21. The summed E-state index contributed by atoms with van der Waals surface area (Å²) in [7, 11) is 0. The fourth-order valence-corrected chi connectivity index (χ4v) is 3.13. The van der Waals surface area contributed by atoms with Gasteiger partial charge < -0.3 is 9.88 Å². The molecule has 0 aliphatic carbocycles. The second-order valence-corrected chi connectivity index (χ2v) is 6.60. The minimum atomic E-state index is -0.146. The zero-order chi connectivity index (χ0) is 15.4. The number of hydrogen-bond donors (Lipinski definition) is 2. The van der Waals surface area contributed by atoms with Crippen LogP contribution in [0.25, 0.3) is 0 Å². The number of aromatic amines is 1. The van der Waals surface area contributed by atoms with E-state index in [2.05, 4.69) is 29.4 Å². The highest BCUT2D eigenvalue weighted by atomic mass is 32.1. The first-order valence-electron chi connectivity index (χ1n) is 7.02. The maximum absolute atomic E-state index is 12.3. The van der Waals surface area contributed by atoms with Gasteiger partial charge in [0.05, 0.1) is 10.9 Å². The third kappa shape index (κ3) is 3.79. The number of hydrogen-bond acceptors (Lipinski definition) is 4. The molecule has 0 aliphatic heterocycles. The molecule has 1 atom stereocenters. The summed E-state index contributed by atoms with van der Waals surface area (Å²) >= 11 is 6.67. The highest BCUT2D eigenvalue weighted by molar-refractivity contribution is 7.71. The molecule has 2 N–H and O–H groups in total. The van der Waals surface area contributed by atoms with Crippen molar-refractivity contribution in [3.05, 3.63) is 33.0 Å². The predicted molar refractivity (Wildman–Crippen MR) is 87.1 cm³/mol. The number of nitrogens with zero attached hydrogens (tertiary/aromatic N) is 2. The van der Waals surface area contributed by atoms with E-state index in [0.717, 1.165) is 18.8 Å². The number of carbonyl (C=O) groups is 1. The summed E-state index contributed by atoms with van der Waals surface area (Å²) in [5.74, 6) is 1.17.